The fourth-order valence-corrected chi connectivity index (χ4v) is 3.25. The van der Waals surface area contributed by atoms with Crippen LogP contribution in [-0.4, -0.2) is 62.3 Å². The van der Waals surface area contributed by atoms with Gasteiger partial charge < -0.3 is 19.3 Å². The smallest absolute Gasteiger partial charge is 0.253 e. The molecule has 2 saturated heterocycles. The van der Waals surface area contributed by atoms with Gasteiger partial charge >= 0.3 is 0 Å². The van der Waals surface area contributed by atoms with Crippen molar-refractivity contribution in [3.05, 3.63) is 30.1 Å². The topological polar surface area (TPSA) is 59.1 Å². The van der Waals surface area contributed by atoms with E-state index in [1.54, 1.807) is 21.9 Å². The molecule has 0 bridgehead atoms. The van der Waals surface area contributed by atoms with Gasteiger partial charge in [-0.05, 0) is 37.1 Å². The molecule has 0 atom stereocenters. The molecule has 1 spiro atoms. The van der Waals surface area contributed by atoms with E-state index in [2.05, 4.69) is 0 Å². The Kier molecular flexibility index (Phi) is 4.82. The molecule has 0 radical (unpaired) electrons. The number of ether oxygens (including phenoxy) is 2. The molecule has 2 aliphatic heterocycles. The van der Waals surface area contributed by atoms with Crippen LogP contribution in [0.4, 0.5) is 10.1 Å². The maximum atomic E-state index is 13.1. The summed E-state index contributed by atoms with van der Waals surface area (Å²) >= 11 is 0. The molecular weight excluding hydrogens is 315 g/mol. The predicted molar refractivity (Wildman–Crippen MR) is 85.1 cm³/mol. The fourth-order valence-electron chi connectivity index (χ4n) is 3.25. The van der Waals surface area contributed by atoms with E-state index in [1.807, 2.05) is 0 Å². The lowest BCUT2D eigenvalue weighted by atomic mass is 9.89. The van der Waals surface area contributed by atoms with Crippen LogP contribution in [-0.2, 0) is 19.1 Å². The molecular formula is C17H21FN2O4. The number of carbonyl (C=O) groups is 2. The molecule has 3 rings (SSSR count). The van der Waals surface area contributed by atoms with Crippen LogP contribution in [0.15, 0.2) is 24.3 Å². The number of carbonyl (C=O) groups excluding carboxylic acids is 2. The summed E-state index contributed by atoms with van der Waals surface area (Å²) < 4.78 is 23.8. The van der Waals surface area contributed by atoms with Crippen molar-refractivity contribution in [1.82, 2.24) is 4.90 Å². The number of hydrogen-bond donors (Lipinski definition) is 0. The van der Waals surface area contributed by atoms with Gasteiger partial charge in [0.05, 0.1) is 12.1 Å². The predicted octanol–water partition coefficient (Wildman–Crippen LogP) is 1.20. The van der Waals surface area contributed by atoms with Crippen LogP contribution in [0.25, 0.3) is 0 Å². The Labute approximate surface area is 140 Å². The molecule has 7 heteroatoms. The van der Waals surface area contributed by atoms with Gasteiger partial charge in [-0.15, -0.1) is 0 Å². The summed E-state index contributed by atoms with van der Waals surface area (Å²) in [5.74, 6) is -0.501. The van der Waals surface area contributed by atoms with Crippen LogP contribution in [0.2, 0.25) is 0 Å². The number of rotatable bonds is 3. The first kappa shape index (κ1) is 16.9. The average molecular weight is 336 g/mol. The Bertz CT molecular complexity index is 612. The molecule has 2 heterocycles. The number of amides is 2. The highest BCUT2D eigenvalue weighted by atomic mass is 19.1. The second kappa shape index (κ2) is 6.86. The third-order valence-electron chi connectivity index (χ3n) is 4.68. The van der Waals surface area contributed by atoms with Crippen LogP contribution >= 0.6 is 0 Å². The highest BCUT2D eigenvalue weighted by Crippen LogP contribution is 2.32. The quantitative estimate of drug-likeness (QED) is 0.832. The zero-order valence-electron chi connectivity index (χ0n) is 13.7. The first-order valence-electron chi connectivity index (χ1n) is 8.00. The van der Waals surface area contributed by atoms with Crippen molar-refractivity contribution in [2.24, 2.45) is 0 Å². The first-order chi connectivity index (χ1) is 11.5. The van der Waals surface area contributed by atoms with Crippen LogP contribution in [0.1, 0.15) is 12.8 Å². The van der Waals surface area contributed by atoms with Crippen molar-refractivity contribution in [1.29, 1.82) is 0 Å². The fraction of sp³-hybridized carbons (Fsp3) is 0.529. The molecule has 0 N–H and O–H groups in total. The van der Waals surface area contributed by atoms with E-state index in [-0.39, 0.29) is 30.8 Å². The molecule has 2 amide bonds. The number of likely N-dealkylation sites (tertiary alicyclic amines) is 1. The number of nitrogens with zero attached hydrogens (tertiary/aromatic N) is 2. The SMILES string of the molecule is COCC(=O)N1CCC2(CC1)CN(c1ccc(F)cc1)C(=O)CO2. The number of anilines is 1. The first-order valence-corrected chi connectivity index (χ1v) is 8.00. The standard InChI is InChI=1S/C17H21FN2O4/c1-23-10-15(21)19-8-6-17(7-9-19)12-20(16(22)11-24-17)14-4-2-13(18)3-5-14/h2-5H,6-12H2,1H3. The molecule has 130 valence electrons. The number of methoxy groups -OCH3 is 1. The molecule has 1 aromatic carbocycles. The summed E-state index contributed by atoms with van der Waals surface area (Å²) in [5.41, 5.74) is 0.216. The zero-order valence-corrected chi connectivity index (χ0v) is 13.7. The molecule has 0 saturated carbocycles. The summed E-state index contributed by atoms with van der Waals surface area (Å²) in [6.07, 6.45) is 1.32. The Hall–Kier alpha value is -1.99. The van der Waals surface area contributed by atoms with Crippen molar-refractivity contribution >= 4 is 17.5 Å². The van der Waals surface area contributed by atoms with Gasteiger partial charge in [-0.1, -0.05) is 0 Å². The van der Waals surface area contributed by atoms with Gasteiger partial charge in [-0.2, -0.15) is 0 Å². The van der Waals surface area contributed by atoms with Gasteiger partial charge in [-0.25, -0.2) is 4.39 Å². The minimum Gasteiger partial charge on any atom is -0.375 e. The van der Waals surface area contributed by atoms with Gasteiger partial charge in [0, 0.05) is 25.9 Å². The molecule has 0 aromatic heterocycles. The highest BCUT2D eigenvalue weighted by Gasteiger charge is 2.43. The van der Waals surface area contributed by atoms with Crippen LogP contribution in [0, 0.1) is 5.82 Å². The van der Waals surface area contributed by atoms with Crippen LogP contribution in [0.5, 0.6) is 0 Å². The molecule has 24 heavy (non-hydrogen) atoms. The minimum atomic E-state index is -0.452. The minimum absolute atomic E-state index is 0.00337. The molecule has 2 aliphatic rings. The Morgan fingerprint density at radius 3 is 2.58 bits per heavy atom. The highest BCUT2D eigenvalue weighted by molar-refractivity contribution is 5.95. The zero-order chi connectivity index (χ0) is 17.2. The Morgan fingerprint density at radius 2 is 1.96 bits per heavy atom. The molecule has 1 aromatic rings. The second-order valence-electron chi connectivity index (χ2n) is 6.24. The maximum Gasteiger partial charge on any atom is 0.253 e. The number of piperidine rings is 1. The third kappa shape index (κ3) is 3.42. The van der Waals surface area contributed by atoms with Gasteiger partial charge in [0.2, 0.25) is 5.91 Å². The van der Waals surface area contributed by atoms with E-state index in [0.717, 1.165) is 0 Å². The van der Waals surface area contributed by atoms with Crippen molar-refractivity contribution in [2.45, 2.75) is 18.4 Å². The van der Waals surface area contributed by atoms with E-state index < -0.39 is 5.60 Å². The Balaban J connectivity index is 1.68. The summed E-state index contributed by atoms with van der Waals surface area (Å²) in [6, 6.07) is 5.89. The van der Waals surface area contributed by atoms with Crippen molar-refractivity contribution in [3.63, 3.8) is 0 Å². The monoisotopic (exact) mass is 336 g/mol. The van der Waals surface area contributed by atoms with E-state index >= 15 is 0 Å². The lowest BCUT2D eigenvalue weighted by Crippen LogP contribution is -2.59. The molecule has 2 fully saturated rings. The number of halogens is 1. The van der Waals surface area contributed by atoms with Crippen molar-refractivity contribution < 1.29 is 23.5 Å². The number of benzene rings is 1. The average Bonchev–Trinajstić information content (AvgIpc) is 2.59. The number of morpholine rings is 1. The summed E-state index contributed by atoms with van der Waals surface area (Å²) in [6.45, 7) is 1.66. The van der Waals surface area contributed by atoms with Gasteiger partial charge in [0.15, 0.2) is 0 Å². The van der Waals surface area contributed by atoms with Crippen molar-refractivity contribution in [2.75, 3.05) is 44.9 Å². The lowest BCUT2D eigenvalue weighted by Gasteiger charge is -2.46. The number of hydrogen-bond acceptors (Lipinski definition) is 4. The van der Waals surface area contributed by atoms with E-state index in [1.165, 1.54) is 19.2 Å². The maximum absolute atomic E-state index is 13.1. The third-order valence-corrected chi connectivity index (χ3v) is 4.68. The summed E-state index contributed by atoms with van der Waals surface area (Å²) in [5, 5.41) is 0. The van der Waals surface area contributed by atoms with Gasteiger partial charge in [0.1, 0.15) is 19.0 Å². The van der Waals surface area contributed by atoms with Gasteiger partial charge in [0.25, 0.3) is 5.91 Å². The molecule has 0 aliphatic carbocycles. The summed E-state index contributed by atoms with van der Waals surface area (Å²) in [7, 11) is 1.50. The van der Waals surface area contributed by atoms with E-state index in [4.69, 9.17) is 9.47 Å². The van der Waals surface area contributed by atoms with Gasteiger partial charge in [-0.3, -0.25) is 9.59 Å². The van der Waals surface area contributed by atoms with Crippen LogP contribution in [0.3, 0.4) is 0 Å². The van der Waals surface area contributed by atoms with E-state index in [9.17, 15) is 14.0 Å². The largest absolute Gasteiger partial charge is 0.375 e. The lowest BCUT2D eigenvalue weighted by molar-refractivity contribution is -0.152. The normalized spacial score (nSPS) is 20.5. The summed E-state index contributed by atoms with van der Waals surface area (Å²) in [4.78, 5) is 27.5. The van der Waals surface area contributed by atoms with Crippen molar-refractivity contribution in [3.8, 4) is 0 Å². The van der Waals surface area contributed by atoms with E-state index in [0.29, 0.717) is 38.2 Å². The van der Waals surface area contributed by atoms with Crippen LogP contribution < -0.4 is 4.90 Å². The molecule has 0 unspecified atom stereocenters. The molecule has 6 nitrogen and oxygen atoms in total. The Morgan fingerprint density at radius 1 is 1.29 bits per heavy atom. The second-order valence-corrected chi connectivity index (χ2v) is 6.24.